The first-order chi connectivity index (χ1) is 7.29. The largest absolute Gasteiger partial charge is 0.476 e. The van der Waals surface area contributed by atoms with Gasteiger partial charge in [-0.15, -0.1) is 11.3 Å². The molecule has 8 heteroatoms. The second-order valence-corrected chi connectivity index (χ2v) is 4.05. The molecule has 90 valence electrons. The van der Waals surface area contributed by atoms with Crippen molar-refractivity contribution in [3.63, 3.8) is 0 Å². The summed E-state index contributed by atoms with van der Waals surface area (Å²) in [6.07, 6.45) is -5.30. The van der Waals surface area contributed by atoms with Crippen LogP contribution in [0.4, 0.5) is 18.2 Å². The van der Waals surface area contributed by atoms with Gasteiger partial charge in [0.2, 0.25) is 0 Å². The zero-order valence-corrected chi connectivity index (χ0v) is 9.02. The number of carboxylic acids is 1. The third-order valence-electron chi connectivity index (χ3n) is 1.69. The molecule has 0 amide bonds. The average molecular weight is 254 g/mol. The monoisotopic (exact) mass is 254 g/mol. The van der Waals surface area contributed by atoms with E-state index in [1.54, 1.807) is 0 Å². The van der Waals surface area contributed by atoms with Crippen LogP contribution in [-0.4, -0.2) is 28.3 Å². The summed E-state index contributed by atoms with van der Waals surface area (Å²) >= 11 is 0.962. The number of thiazole rings is 1. The maximum absolute atomic E-state index is 12.0. The lowest BCUT2D eigenvalue weighted by atomic mass is 10.2. The van der Waals surface area contributed by atoms with Crippen LogP contribution in [-0.2, 0) is 0 Å². The SMILES string of the molecule is CC(CC(F)(F)F)Nc1scnc1C(=O)O. The Morgan fingerprint density at radius 2 is 2.31 bits per heavy atom. The molecule has 0 saturated heterocycles. The van der Waals surface area contributed by atoms with Crippen molar-refractivity contribution in [2.45, 2.75) is 25.6 Å². The molecule has 1 unspecified atom stereocenters. The molecule has 0 aliphatic carbocycles. The highest BCUT2D eigenvalue weighted by Crippen LogP contribution is 2.26. The van der Waals surface area contributed by atoms with Crippen LogP contribution < -0.4 is 5.32 Å². The topological polar surface area (TPSA) is 62.2 Å². The van der Waals surface area contributed by atoms with Crippen LogP contribution >= 0.6 is 11.3 Å². The molecule has 0 saturated carbocycles. The molecular weight excluding hydrogens is 245 g/mol. The molecule has 1 atom stereocenters. The van der Waals surface area contributed by atoms with Crippen molar-refractivity contribution >= 4 is 22.3 Å². The molecule has 1 rings (SSSR count). The van der Waals surface area contributed by atoms with Crippen LogP contribution in [0.5, 0.6) is 0 Å². The van der Waals surface area contributed by atoms with Crippen molar-refractivity contribution in [1.29, 1.82) is 0 Å². The fraction of sp³-hybridized carbons (Fsp3) is 0.500. The first kappa shape index (κ1) is 12.8. The lowest BCUT2D eigenvalue weighted by Crippen LogP contribution is -2.24. The van der Waals surface area contributed by atoms with Crippen LogP contribution in [0.3, 0.4) is 0 Å². The van der Waals surface area contributed by atoms with Gasteiger partial charge in [-0.05, 0) is 6.92 Å². The summed E-state index contributed by atoms with van der Waals surface area (Å²) in [7, 11) is 0. The zero-order valence-electron chi connectivity index (χ0n) is 8.21. The summed E-state index contributed by atoms with van der Waals surface area (Å²) in [5.74, 6) is -1.26. The van der Waals surface area contributed by atoms with E-state index in [9.17, 15) is 18.0 Å². The van der Waals surface area contributed by atoms with Gasteiger partial charge in [-0.1, -0.05) is 0 Å². The number of rotatable bonds is 4. The van der Waals surface area contributed by atoms with Crippen molar-refractivity contribution in [3.05, 3.63) is 11.2 Å². The van der Waals surface area contributed by atoms with Gasteiger partial charge in [-0.3, -0.25) is 0 Å². The highest BCUT2D eigenvalue weighted by Gasteiger charge is 2.30. The number of nitrogens with one attached hydrogen (secondary N) is 1. The fourth-order valence-electron chi connectivity index (χ4n) is 1.12. The molecular formula is C8H9F3N2O2S. The number of nitrogens with zero attached hydrogens (tertiary/aromatic N) is 1. The molecule has 0 aromatic carbocycles. The molecule has 1 aromatic heterocycles. The molecule has 16 heavy (non-hydrogen) atoms. The molecule has 1 aromatic rings. The van der Waals surface area contributed by atoms with E-state index < -0.39 is 24.6 Å². The first-order valence-corrected chi connectivity index (χ1v) is 5.17. The third kappa shape index (κ3) is 3.69. The van der Waals surface area contributed by atoms with Crippen LogP contribution in [0.1, 0.15) is 23.8 Å². The Balaban J connectivity index is 2.66. The standard InChI is InChI=1S/C8H9F3N2O2S/c1-4(2-8(9,10)11)13-6-5(7(14)15)12-3-16-6/h3-4,13H,2H2,1H3,(H,14,15). The van der Waals surface area contributed by atoms with Crippen molar-refractivity contribution in [2.75, 3.05) is 5.32 Å². The Labute approximate surface area is 93.1 Å². The minimum absolute atomic E-state index is 0.143. The van der Waals surface area contributed by atoms with Crippen molar-refractivity contribution in [1.82, 2.24) is 4.98 Å². The van der Waals surface area contributed by atoms with Gasteiger partial charge in [0.1, 0.15) is 5.00 Å². The lowest BCUT2D eigenvalue weighted by Gasteiger charge is -2.15. The van der Waals surface area contributed by atoms with E-state index in [-0.39, 0.29) is 10.7 Å². The first-order valence-electron chi connectivity index (χ1n) is 4.29. The van der Waals surface area contributed by atoms with Crippen LogP contribution in [0.2, 0.25) is 0 Å². The molecule has 0 aliphatic heterocycles. The van der Waals surface area contributed by atoms with Gasteiger partial charge in [-0.25, -0.2) is 9.78 Å². The van der Waals surface area contributed by atoms with Crippen LogP contribution in [0.25, 0.3) is 0 Å². The molecule has 1 heterocycles. The average Bonchev–Trinajstić information content (AvgIpc) is 2.47. The Kier molecular flexibility index (Phi) is 3.74. The summed E-state index contributed by atoms with van der Waals surface area (Å²) in [6.45, 7) is 1.33. The van der Waals surface area contributed by atoms with E-state index in [1.165, 1.54) is 12.4 Å². The van der Waals surface area contributed by atoms with Gasteiger partial charge in [0.25, 0.3) is 0 Å². The molecule has 0 radical (unpaired) electrons. The number of hydrogen-bond donors (Lipinski definition) is 2. The molecule has 0 bridgehead atoms. The normalized spacial score (nSPS) is 13.5. The van der Waals surface area contributed by atoms with E-state index in [0.29, 0.717) is 0 Å². The summed E-state index contributed by atoms with van der Waals surface area (Å²) in [4.78, 5) is 14.2. The molecule has 2 N–H and O–H groups in total. The predicted octanol–water partition coefficient (Wildman–Crippen LogP) is 2.59. The minimum atomic E-state index is -4.28. The smallest absolute Gasteiger partial charge is 0.391 e. The zero-order chi connectivity index (χ0) is 12.3. The number of carbonyl (C=O) groups is 1. The van der Waals surface area contributed by atoms with Crippen LogP contribution in [0.15, 0.2) is 5.51 Å². The van der Waals surface area contributed by atoms with Gasteiger partial charge >= 0.3 is 12.1 Å². The number of aromatic carboxylic acids is 1. The Hall–Kier alpha value is -1.31. The number of hydrogen-bond acceptors (Lipinski definition) is 4. The fourth-order valence-corrected chi connectivity index (χ4v) is 1.91. The Morgan fingerprint density at radius 3 is 2.81 bits per heavy atom. The van der Waals surface area contributed by atoms with Crippen molar-refractivity contribution in [3.8, 4) is 0 Å². The number of anilines is 1. The van der Waals surface area contributed by atoms with Gasteiger partial charge in [-0.2, -0.15) is 13.2 Å². The van der Waals surface area contributed by atoms with E-state index in [4.69, 9.17) is 5.11 Å². The van der Waals surface area contributed by atoms with E-state index in [0.717, 1.165) is 11.3 Å². The van der Waals surface area contributed by atoms with Crippen molar-refractivity contribution < 1.29 is 23.1 Å². The summed E-state index contributed by atoms with van der Waals surface area (Å²) in [5, 5.41) is 11.3. The second-order valence-electron chi connectivity index (χ2n) is 3.20. The Bertz CT molecular complexity index is 378. The quantitative estimate of drug-likeness (QED) is 0.866. The molecule has 0 aliphatic rings. The number of halogens is 3. The molecule has 0 spiro atoms. The van der Waals surface area contributed by atoms with Gasteiger partial charge < -0.3 is 10.4 Å². The second kappa shape index (κ2) is 4.69. The van der Waals surface area contributed by atoms with Gasteiger partial charge in [0.15, 0.2) is 5.69 Å². The molecule has 4 nitrogen and oxygen atoms in total. The summed E-state index contributed by atoms with van der Waals surface area (Å²) in [5.41, 5.74) is 1.02. The predicted molar refractivity (Wildman–Crippen MR) is 52.8 cm³/mol. The minimum Gasteiger partial charge on any atom is -0.476 e. The summed E-state index contributed by atoms with van der Waals surface area (Å²) in [6, 6.07) is -0.890. The van der Waals surface area contributed by atoms with Gasteiger partial charge in [0.05, 0.1) is 11.9 Å². The van der Waals surface area contributed by atoms with E-state index >= 15 is 0 Å². The maximum atomic E-state index is 12.0. The Morgan fingerprint density at radius 1 is 1.69 bits per heavy atom. The molecule has 0 fully saturated rings. The van der Waals surface area contributed by atoms with Crippen molar-refractivity contribution in [2.24, 2.45) is 0 Å². The highest BCUT2D eigenvalue weighted by molar-refractivity contribution is 7.14. The highest BCUT2D eigenvalue weighted by atomic mass is 32.1. The summed E-state index contributed by atoms with van der Waals surface area (Å²) < 4.78 is 36.1. The number of carboxylic acid groups (broad SMARTS) is 1. The maximum Gasteiger partial charge on any atom is 0.391 e. The van der Waals surface area contributed by atoms with Gasteiger partial charge in [0, 0.05) is 6.04 Å². The number of alkyl halides is 3. The van der Waals surface area contributed by atoms with Crippen LogP contribution in [0, 0.1) is 0 Å². The third-order valence-corrected chi connectivity index (χ3v) is 2.44. The van der Waals surface area contributed by atoms with E-state index in [1.807, 2.05) is 0 Å². The number of aromatic nitrogens is 1. The van der Waals surface area contributed by atoms with E-state index in [2.05, 4.69) is 10.3 Å². The lowest BCUT2D eigenvalue weighted by molar-refractivity contribution is -0.136.